The largest absolute Gasteiger partial charge is 0.497 e. The highest BCUT2D eigenvalue weighted by Gasteiger charge is 2.27. The highest BCUT2D eigenvalue weighted by atomic mass is 32.2. The summed E-state index contributed by atoms with van der Waals surface area (Å²) in [5, 5.41) is 2.91. The molecule has 0 spiro atoms. The van der Waals surface area contributed by atoms with Crippen LogP contribution in [-0.4, -0.2) is 45.9 Å². The Morgan fingerprint density at radius 2 is 1.66 bits per heavy atom. The van der Waals surface area contributed by atoms with Gasteiger partial charge in [-0.3, -0.25) is 4.79 Å². The van der Waals surface area contributed by atoms with Crippen molar-refractivity contribution in [1.29, 1.82) is 0 Å². The number of amides is 1. The van der Waals surface area contributed by atoms with Gasteiger partial charge in [-0.1, -0.05) is 42.5 Å². The van der Waals surface area contributed by atoms with Crippen LogP contribution < -0.4 is 14.8 Å². The van der Waals surface area contributed by atoms with Gasteiger partial charge in [-0.15, -0.1) is 0 Å². The van der Waals surface area contributed by atoms with E-state index in [1.165, 1.54) is 17.5 Å². The van der Waals surface area contributed by atoms with E-state index in [1.54, 1.807) is 26.2 Å². The van der Waals surface area contributed by atoms with Gasteiger partial charge in [0.15, 0.2) is 0 Å². The molecule has 186 valence electrons. The molecule has 7 nitrogen and oxygen atoms in total. The lowest BCUT2D eigenvalue weighted by Crippen LogP contribution is -2.42. The van der Waals surface area contributed by atoms with Crippen LogP contribution in [0.1, 0.15) is 29.7 Å². The summed E-state index contributed by atoms with van der Waals surface area (Å²) in [6.07, 6.45) is 0.483. The third-order valence-corrected chi connectivity index (χ3v) is 7.65. The van der Waals surface area contributed by atoms with Crippen LogP contribution in [0.2, 0.25) is 0 Å². The zero-order chi connectivity index (χ0) is 25.4. The van der Waals surface area contributed by atoms with Crippen molar-refractivity contribution in [3.8, 4) is 11.5 Å². The SMILES string of the molecule is COc1ccc([C@@H](C)NC(=O)CN(CCc2ccccc2)S(=O)(=O)c2ccc(OC)c(C)c2)cc1. The zero-order valence-electron chi connectivity index (χ0n) is 20.5. The van der Waals surface area contributed by atoms with E-state index in [0.29, 0.717) is 17.7 Å². The Labute approximate surface area is 207 Å². The average Bonchev–Trinajstić information content (AvgIpc) is 2.86. The quantitative estimate of drug-likeness (QED) is 0.432. The second-order valence-corrected chi connectivity index (χ2v) is 10.2. The maximum atomic E-state index is 13.6. The van der Waals surface area contributed by atoms with Gasteiger partial charge in [-0.25, -0.2) is 8.42 Å². The number of hydrogen-bond acceptors (Lipinski definition) is 5. The number of methoxy groups -OCH3 is 2. The molecule has 1 amide bonds. The lowest BCUT2D eigenvalue weighted by molar-refractivity contribution is -0.121. The fraction of sp³-hybridized carbons (Fsp3) is 0.296. The number of ether oxygens (including phenoxy) is 2. The zero-order valence-corrected chi connectivity index (χ0v) is 21.3. The molecule has 0 aliphatic carbocycles. The molecule has 0 radical (unpaired) electrons. The van der Waals surface area contributed by atoms with Crippen molar-refractivity contribution >= 4 is 15.9 Å². The minimum Gasteiger partial charge on any atom is -0.497 e. The first kappa shape index (κ1) is 26.2. The second-order valence-electron chi connectivity index (χ2n) is 8.27. The maximum Gasteiger partial charge on any atom is 0.243 e. The number of nitrogens with one attached hydrogen (secondary N) is 1. The summed E-state index contributed by atoms with van der Waals surface area (Å²) in [5.74, 6) is 0.946. The van der Waals surface area contributed by atoms with Crippen LogP contribution in [0.4, 0.5) is 0 Å². The smallest absolute Gasteiger partial charge is 0.243 e. The molecule has 3 rings (SSSR count). The van der Waals surface area contributed by atoms with Crippen LogP contribution in [0.5, 0.6) is 11.5 Å². The predicted octanol–water partition coefficient (Wildman–Crippen LogP) is 4.12. The molecule has 1 N–H and O–H groups in total. The van der Waals surface area contributed by atoms with Gasteiger partial charge in [-0.05, 0) is 67.3 Å². The van der Waals surface area contributed by atoms with E-state index in [4.69, 9.17) is 9.47 Å². The van der Waals surface area contributed by atoms with Crippen molar-refractivity contribution in [3.05, 3.63) is 89.5 Å². The first-order chi connectivity index (χ1) is 16.7. The summed E-state index contributed by atoms with van der Waals surface area (Å²) in [5.41, 5.74) is 2.59. The molecule has 0 saturated heterocycles. The molecular formula is C27H32N2O5S. The molecule has 35 heavy (non-hydrogen) atoms. The molecule has 0 saturated carbocycles. The van der Waals surface area contributed by atoms with E-state index >= 15 is 0 Å². The first-order valence-corrected chi connectivity index (χ1v) is 12.8. The van der Waals surface area contributed by atoms with Crippen LogP contribution in [-0.2, 0) is 21.2 Å². The van der Waals surface area contributed by atoms with Crippen LogP contribution in [0.25, 0.3) is 0 Å². The minimum atomic E-state index is -3.92. The van der Waals surface area contributed by atoms with E-state index < -0.39 is 10.0 Å². The van der Waals surface area contributed by atoms with Crippen molar-refractivity contribution in [2.45, 2.75) is 31.2 Å². The summed E-state index contributed by atoms with van der Waals surface area (Å²) in [4.78, 5) is 13.1. The molecule has 3 aromatic rings. The molecule has 0 heterocycles. The maximum absolute atomic E-state index is 13.6. The molecular weight excluding hydrogens is 464 g/mol. The fourth-order valence-corrected chi connectivity index (χ4v) is 5.25. The summed E-state index contributed by atoms with van der Waals surface area (Å²) in [7, 11) is -0.792. The van der Waals surface area contributed by atoms with E-state index in [2.05, 4.69) is 5.32 Å². The molecule has 0 aliphatic rings. The van der Waals surface area contributed by atoms with Gasteiger partial charge in [0.25, 0.3) is 0 Å². The third-order valence-electron chi connectivity index (χ3n) is 5.81. The monoisotopic (exact) mass is 496 g/mol. The number of carbonyl (C=O) groups is 1. The van der Waals surface area contributed by atoms with Gasteiger partial charge < -0.3 is 14.8 Å². The number of benzene rings is 3. The highest BCUT2D eigenvalue weighted by Crippen LogP contribution is 2.24. The normalized spacial score (nSPS) is 12.3. The third kappa shape index (κ3) is 6.83. The summed E-state index contributed by atoms with van der Waals surface area (Å²) >= 11 is 0. The Morgan fingerprint density at radius 1 is 0.971 bits per heavy atom. The number of hydrogen-bond donors (Lipinski definition) is 1. The molecule has 1 atom stereocenters. The number of nitrogens with zero attached hydrogens (tertiary/aromatic N) is 1. The van der Waals surface area contributed by atoms with Gasteiger partial charge in [0.05, 0.1) is 31.7 Å². The van der Waals surface area contributed by atoms with Crippen molar-refractivity contribution in [1.82, 2.24) is 9.62 Å². The molecule has 0 bridgehead atoms. The average molecular weight is 497 g/mol. The Kier molecular flexibility index (Phi) is 8.89. The lowest BCUT2D eigenvalue weighted by atomic mass is 10.1. The Bertz CT molecular complexity index is 1230. The Morgan fingerprint density at radius 3 is 2.26 bits per heavy atom. The van der Waals surface area contributed by atoms with E-state index in [1.807, 2.05) is 61.5 Å². The van der Waals surface area contributed by atoms with Crippen molar-refractivity contribution in [2.75, 3.05) is 27.3 Å². The van der Waals surface area contributed by atoms with Gasteiger partial charge in [0.2, 0.25) is 15.9 Å². The van der Waals surface area contributed by atoms with Crippen LogP contribution >= 0.6 is 0 Å². The predicted molar refractivity (Wildman–Crippen MR) is 136 cm³/mol. The van der Waals surface area contributed by atoms with E-state index in [9.17, 15) is 13.2 Å². The molecule has 0 fully saturated rings. The van der Waals surface area contributed by atoms with Crippen LogP contribution in [0, 0.1) is 6.92 Å². The Hall–Kier alpha value is -3.36. The minimum absolute atomic E-state index is 0.125. The molecule has 0 unspecified atom stereocenters. The van der Waals surface area contributed by atoms with Gasteiger partial charge in [-0.2, -0.15) is 4.31 Å². The van der Waals surface area contributed by atoms with Gasteiger partial charge in [0, 0.05) is 6.54 Å². The van der Waals surface area contributed by atoms with Crippen LogP contribution in [0.15, 0.2) is 77.7 Å². The summed E-state index contributed by atoms with van der Waals surface area (Å²) in [6, 6.07) is 21.4. The highest BCUT2D eigenvalue weighted by molar-refractivity contribution is 7.89. The number of aryl methyl sites for hydroxylation is 1. The topological polar surface area (TPSA) is 84.9 Å². The molecule has 8 heteroatoms. The van der Waals surface area contributed by atoms with Gasteiger partial charge >= 0.3 is 0 Å². The molecule has 3 aromatic carbocycles. The van der Waals surface area contributed by atoms with Crippen LogP contribution in [0.3, 0.4) is 0 Å². The number of carbonyl (C=O) groups excluding carboxylic acids is 1. The molecule has 0 aliphatic heterocycles. The fourth-order valence-electron chi connectivity index (χ4n) is 3.77. The summed E-state index contributed by atoms with van der Waals surface area (Å²) in [6.45, 7) is 3.52. The lowest BCUT2D eigenvalue weighted by Gasteiger charge is -2.23. The summed E-state index contributed by atoms with van der Waals surface area (Å²) < 4.78 is 38.8. The van der Waals surface area contributed by atoms with Crippen molar-refractivity contribution in [3.63, 3.8) is 0 Å². The van der Waals surface area contributed by atoms with E-state index in [-0.39, 0.29) is 29.9 Å². The number of sulfonamides is 1. The molecule has 0 aromatic heterocycles. The second kappa shape index (κ2) is 11.9. The van der Waals surface area contributed by atoms with Crippen molar-refractivity contribution < 1.29 is 22.7 Å². The standard InChI is InChI=1S/C27H32N2O5S/c1-20-18-25(14-15-26(20)34-4)35(31,32)29(17-16-22-8-6-5-7-9-22)19-27(30)28-21(2)23-10-12-24(33-3)13-11-23/h5-15,18,21H,16-17,19H2,1-4H3,(H,28,30)/t21-/m1/s1. The Balaban J connectivity index is 1.80. The van der Waals surface area contributed by atoms with Crippen molar-refractivity contribution in [2.24, 2.45) is 0 Å². The van der Waals surface area contributed by atoms with Gasteiger partial charge in [0.1, 0.15) is 11.5 Å². The first-order valence-electron chi connectivity index (χ1n) is 11.4. The number of rotatable bonds is 11. The van der Waals surface area contributed by atoms with E-state index in [0.717, 1.165) is 16.9 Å².